The minimum absolute atomic E-state index is 0.528. The fourth-order valence-electron chi connectivity index (χ4n) is 16.6. The Morgan fingerprint density at radius 1 is 0.243 bits per heavy atom. The lowest BCUT2D eigenvalue weighted by atomic mass is 9.75. The average molecular weight is 1310 g/mol. The van der Waals surface area contributed by atoms with E-state index in [4.69, 9.17) is 4.98 Å². The van der Waals surface area contributed by atoms with Crippen molar-refractivity contribution in [2.75, 3.05) is 0 Å². The van der Waals surface area contributed by atoms with Crippen molar-refractivity contribution in [3.8, 4) is 107 Å². The molecule has 0 fully saturated rings. The standard InChI is InChI=1S/C97H62N6/c1-62-40-59-91-81(60-62)79-32-14-21-39-90(79)103(91)72-49-41-64(42-50-72)92-82(61-98)96(80-57-58-83(63-22-4-2-5-23-63)99-97(80)68-24-6-3-7-25-68)95(67-47-55-71(56-48-67)102-88-37-19-12-30-77(88)78-31-13-20-38-89(78)102)94(66-45-53-70(54-46-66)101-86-35-17-10-28-75(86)76-29-11-18-36-87(76)101)93(92)65-43-51-69(52-44-65)100-84-33-15-8-26-73(84)74-27-9-16-34-85(74)100/h2-60H,1H3. The molecule has 0 atom stereocenters. The molecule has 0 aliphatic rings. The number of benzene rings is 15. The van der Waals surface area contributed by atoms with Gasteiger partial charge in [0.2, 0.25) is 0 Å². The molecular weight excluding hydrogens is 1250 g/mol. The van der Waals surface area contributed by atoms with E-state index in [2.05, 4.69) is 383 Å². The number of fused-ring (bicyclic) bond motifs is 12. The maximum Gasteiger partial charge on any atom is 0.100 e. The summed E-state index contributed by atoms with van der Waals surface area (Å²) in [6.07, 6.45) is 0. The molecule has 15 aromatic carbocycles. The molecule has 0 N–H and O–H groups in total. The van der Waals surface area contributed by atoms with Gasteiger partial charge in [0.1, 0.15) is 6.07 Å². The number of aromatic nitrogens is 5. The van der Waals surface area contributed by atoms with E-state index in [9.17, 15) is 5.26 Å². The van der Waals surface area contributed by atoms with Gasteiger partial charge in [-0.1, -0.05) is 248 Å². The fraction of sp³-hybridized carbons (Fsp3) is 0.0103. The Balaban J connectivity index is 0.923. The van der Waals surface area contributed by atoms with Gasteiger partial charge in [0.05, 0.1) is 61.1 Å². The van der Waals surface area contributed by atoms with E-state index in [0.29, 0.717) is 5.56 Å². The van der Waals surface area contributed by atoms with E-state index in [1.165, 1.54) is 48.7 Å². The minimum Gasteiger partial charge on any atom is -0.309 e. The summed E-state index contributed by atoms with van der Waals surface area (Å²) in [5.41, 5.74) is 27.4. The average Bonchev–Trinajstić information content (AvgIpc) is 1.55. The van der Waals surface area contributed by atoms with Gasteiger partial charge in [-0.05, 0) is 161 Å². The van der Waals surface area contributed by atoms with Gasteiger partial charge in [-0.15, -0.1) is 0 Å². The van der Waals surface area contributed by atoms with Crippen LogP contribution in [0.3, 0.4) is 0 Å². The van der Waals surface area contributed by atoms with Crippen molar-refractivity contribution in [1.82, 2.24) is 23.3 Å². The Morgan fingerprint density at radius 2 is 0.534 bits per heavy atom. The number of nitriles is 1. The Bertz CT molecular complexity index is 6660. The van der Waals surface area contributed by atoms with Crippen LogP contribution in [0.5, 0.6) is 0 Å². The summed E-state index contributed by atoms with van der Waals surface area (Å²) in [5, 5.41) is 22.5. The monoisotopic (exact) mass is 1310 g/mol. The predicted octanol–water partition coefficient (Wildman–Crippen LogP) is 25.3. The van der Waals surface area contributed by atoms with Crippen LogP contribution >= 0.6 is 0 Å². The maximum absolute atomic E-state index is 13.0. The molecular formula is C97H62N6. The Morgan fingerprint density at radius 3 is 0.893 bits per heavy atom. The van der Waals surface area contributed by atoms with Crippen LogP contribution in [0.2, 0.25) is 0 Å². The zero-order valence-corrected chi connectivity index (χ0v) is 56.2. The molecule has 0 radical (unpaired) electrons. The van der Waals surface area contributed by atoms with Crippen molar-refractivity contribution in [2.24, 2.45) is 0 Å². The number of hydrogen-bond donors (Lipinski definition) is 0. The first-order chi connectivity index (χ1) is 51.0. The predicted molar refractivity (Wildman–Crippen MR) is 429 cm³/mol. The van der Waals surface area contributed by atoms with Crippen LogP contribution in [-0.4, -0.2) is 23.3 Å². The van der Waals surface area contributed by atoms with Crippen molar-refractivity contribution >= 4 is 87.2 Å². The molecule has 480 valence electrons. The number of hydrogen-bond acceptors (Lipinski definition) is 2. The van der Waals surface area contributed by atoms with Gasteiger partial charge in [-0.2, -0.15) is 5.26 Å². The van der Waals surface area contributed by atoms with Crippen molar-refractivity contribution in [3.05, 3.63) is 369 Å². The molecule has 0 spiro atoms. The van der Waals surface area contributed by atoms with E-state index in [-0.39, 0.29) is 0 Å². The second-order valence-corrected chi connectivity index (χ2v) is 26.9. The molecule has 20 aromatic rings. The molecule has 5 heterocycles. The van der Waals surface area contributed by atoms with Gasteiger partial charge >= 0.3 is 0 Å². The van der Waals surface area contributed by atoms with Crippen molar-refractivity contribution in [3.63, 3.8) is 0 Å². The SMILES string of the molecule is Cc1ccc2c(c1)c1ccccc1n2-c1ccc(-c2c(C#N)c(-c3ccc(-c4ccccc4)nc3-c3ccccc3)c(-c3ccc(-n4c5ccccc5c5ccccc54)cc3)c(-c3ccc(-n4c5ccccc5c5ccccc54)cc3)c2-c2ccc(-n3c4ccccc4c4ccccc43)cc2)cc1. The molecule has 0 amide bonds. The largest absolute Gasteiger partial charge is 0.309 e. The summed E-state index contributed by atoms with van der Waals surface area (Å²) >= 11 is 0. The molecule has 6 heteroatoms. The molecule has 0 aliphatic carbocycles. The van der Waals surface area contributed by atoms with E-state index in [0.717, 1.165) is 145 Å². The highest BCUT2D eigenvalue weighted by Crippen LogP contribution is 2.55. The first kappa shape index (κ1) is 59.2. The summed E-state index contributed by atoms with van der Waals surface area (Å²) in [5.74, 6) is 0. The molecule has 0 aliphatic heterocycles. The number of nitrogens with zero attached hydrogens (tertiary/aromatic N) is 6. The zero-order valence-electron chi connectivity index (χ0n) is 56.2. The topological polar surface area (TPSA) is 56.4 Å². The molecule has 103 heavy (non-hydrogen) atoms. The minimum atomic E-state index is 0.528. The zero-order chi connectivity index (χ0) is 68.2. The van der Waals surface area contributed by atoms with E-state index in [1.807, 2.05) is 6.07 Å². The highest BCUT2D eigenvalue weighted by Gasteiger charge is 2.32. The van der Waals surface area contributed by atoms with Gasteiger partial charge < -0.3 is 18.3 Å². The highest BCUT2D eigenvalue weighted by molar-refractivity contribution is 6.15. The maximum atomic E-state index is 13.0. The fourth-order valence-corrected chi connectivity index (χ4v) is 16.6. The van der Waals surface area contributed by atoms with Gasteiger partial charge in [-0.3, -0.25) is 0 Å². The molecule has 6 nitrogen and oxygen atoms in total. The van der Waals surface area contributed by atoms with Crippen LogP contribution in [0.25, 0.3) is 188 Å². The molecule has 0 saturated heterocycles. The lowest BCUT2D eigenvalue weighted by Crippen LogP contribution is -2.05. The normalized spacial score (nSPS) is 11.7. The molecule has 0 bridgehead atoms. The van der Waals surface area contributed by atoms with Gasteiger partial charge in [0.15, 0.2) is 0 Å². The summed E-state index contributed by atoms with van der Waals surface area (Å²) in [6.45, 7) is 2.16. The van der Waals surface area contributed by atoms with Crippen molar-refractivity contribution in [1.29, 1.82) is 5.26 Å². The summed E-state index contributed by atoms with van der Waals surface area (Å²) < 4.78 is 9.52. The first-order valence-electron chi connectivity index (χ1n) is 35.2. The summed E-state index contributed by atoms with van der Waals surface area (Å²) in [4.78, 5) is 5.73. The van der Waals surface area contributed by atoms with E-state index >= 15 is 0 Å². The van der Waals surface area contributed by atoms with Crippen LogP contribution in [0.1, 0.15) is 11.1 Å². The lowest BCUT2D eigenvalue weighted by molar-refractivity contribution is 1.18. The molecule has 0 saturated carbocycles. The third-order valence-electron chi connectivity index (χ3n) is 21.1. The lowest BCUT2D eigenvalue weighted by Gasteiger charge is -2.27. The molecule has 5 aromatic heterocycles. The van der Waals surface area contributed by atoms with Crippen LogP contribution in [0, 0.1) is 18.3 Å². The smallest absolute Gasteiger partial charge is 0.100 e. The summed E-state index contributed by atoms with van der Waals surface area (Å²) in [6, 6.07) is 132. The Hall–Kier alpha value is -13.9. The van der Waals surface area contributed by atoms with Crippen molar-refractivity contribution in [2.45, 2.75) is 6.92 Å². The van der Waals surface area contributed by atoms with Crippen LogP contribution in [-0.2, 0) is 0 Å². The van der Waals surface area contributed by atoms with Gasteiger partial charge in [-0.25, -0.2) is 4.98 Å². The second kappa shape index (κ2) is 24.0. The van der Waals surface area contributed by atoms with E-state index in [1.54, 1.807) is 0 Å². The first-order valence-corrected chi connectivity index (χ1v) is 35.2. The van der Waals surface area contributed by atoms with Crippen LogP contribution < -0.4 is 0 Å². The number of aryl methyl sites for hydroxylation is 1. The van der Waals surface area contributed by atoms with Crippen molar-refractivity contribution < 1.29 is 0 Å². The highest BCUT2D eigenvalue weighted by atomic mass is 15.0. The summed E-state index contributed by atoms with van der Waals surface area (Å²) in [7, 11) is 0. The molecule has 0 unspecified atom stereocenters. The number of pyridine rings is 1. The van der Waals surface area contributed by atoms with Crippen LogP contribution in [0.15, 0.2) is 358 Å². The Labute approximate surface area is 595 Å². The van der Waals surface area contributed by atoms with E-state index < -0.39 is 0 Å². The molecule has 20 rings (SSSR count). The third-order valence-corrected chi connectivity index (χ3v) is 21.1. The second-order valence-electron chi connectivity index (χ2n) is 26.9. The quantitative estimate of drug-likeness (QED) is 0.130. The number of para-hydroxylation sites is 7. The van der Waals surface area contributed by atoms with Gasteiger partial charge in [0.25, 0.3) is 0 Å². The van der Waals surface area contributed by atoms with Crippen LogP contribution in [0.4, 0.5) is 0 Å². The Kier molecular flexibility index (Phi) is 13.8. The third kappa shape index (κ3) is 9.45. The van der Waals surface area contributed by atoms with Gasteiger partial charge in [0, 0.05) is 93.7 Å². The number of rotatable bonds is 11.